The van der Waals surface area contributed by atoms with E-state index in [4.69, 9.17) is 5.73 Å². The van der Waals surface area contributed by atoms with Crippen molar-refractivity contribution in [1.29, 1.82) is 0 Å². The van der Waals surface area contributed by atoms with Crippen molar-refractivity contribution in [2.24, 2.45) is 5.73 Å². The third-order valence-corrected chi connectivity index (χ3v) is 3.23. The number of hydrogen-bond donors (Lipinski definition) is 2. The summed E-state index contributed by atoms with van der Waals surface area (Å²) in [7, 11) is 1.96. The minimum Gasteiger partial charge on any atom is -0.350 e. The van der Waals surface area contributed by atoms with Gasteiger partial charge in [0.25, 0.3) is 0 Å². The second kappa shape index (κ2) is 6.86. The first-order valence-electron chi connectivity index (χ1n) is 7.03. The number of hydrogen-bond acceptors (Lipinski definition) is 3. The highest BCUT2D eigenvalue weighted by molar-refractivity contribution is 5.81. The molecule has 1 unspecified atom stereocenters. The third-order valence-electron chi connectivity index (χ3n) is 3.23. The Hall–Kier alpha value is -1.39. The number of nitrogens with zero attached hydrogens (tertiary/aromatic N) is 1. The Labute approximate surface area is 122 Å². The summed E-state index contributed by atoms with van der Waals surface area (Å²) in [5.74, 6) is 0.0542. The summed E-state index contributed by atoms with van der Waals surface area (Å²) in [5, 5.41) is 3.01. The fraction of sp³-hybridized carbons (Fsp3) is 0.562. The van der Waals surface area contributed by atoms with Crippen molar-refractivity contribution in [2.45, 2.75) is 52.4 Å². The van der Waals surface area contributed by atoms with Crippen LogP contribution in [0.2, 0.25) is 0 Å². The van der Waals surface area contributed by atoms with Crippen molar-refractivity contribution in [3.8, 4) is 0 Å². The van der Waals surface area contributed by atoms with Crippen LogP contribution in [0.3, 0.4) is 0 Å². The lowest BCUT2D eigenvalue weighted by Gasteiger charge is -2.28. The molecule has 0 saturated heterocycles. The molecule has 0 heterocycles. The highest BCUT2D eigenvalue weighted by atomic mass is 16.2. The number of carbonyl (C=O) groups excluding carboxylic acids is 1. The van der Waals surface area contributed by atoms with Crippen molar-refractivity contribution in [3.63, 3.8) is 0 Å². The second-order valence-electron chi connectivity index (χ2n) is 6.35. The summed E-state index contributed by atoms with van der Waals surface area (Å²) in [6, 6.07) is 8.02. The lowest BCUT2D eigenvalue weighted by molar-refractivity contribution is -0.127. The van der Waals surface area contributed by atoms with Gasteiger partial charge in [0.05, 0.1) is 6.04 Å². The molecule has 0 fully saturated rings. The molecule has 0 spiro atoms. The van der Waals surface area contributed by atoms with E-state index in [2.05, 4.69) is 17.4 Å². The fourth-order valence-corrected chi connectivity index (χ4v) is 1.88. The average Bonchev–Trinajstić information content (AvgIpc) is 2.36. The van der Waals surface area contributed by atoms with Gasteiger partial charge in [-0.25, -0.2) is 0 Å². The summed E-state index contributed by atoms with van der Waals surface area (Å²) in [6.45, 7) is 9.19. The number of nitrogens with two attached hydrogens (primary N) is 1. The maximum atomic E-state index is 12.1. The molecule has 0 aliphatic rings. The van der Waals surface area contributed by atoms with E-state index in [1.165, 1.54) is 5.56 Å². The van der Waals surface area contributed by atoms with Crippen molar-refractivity contribution in [1.82, 2.24) is 10.2 Å². The molecule has 1 aromatic rings. The summed E-state index contributed by atoms with van der Waals surface area (Å²) in [5.41, 5.74) is 7.69. The van der Waals surface area contributed by atoms with Gasteiger partial charge in [-0.3, -0.25) is 9.69 Å². The molecular formula is C16H27N3O. The predicted octanol–water partition coefficient (Wildman–Crippen LogP) is 1.88. The fourth-order valence-electron chi connectivity index (χ4n) is 1.88. The van der Waals surface area contributed by atoms with Crippen LogP contribution in [0.4, 0.5) is 0 Å². The van der Waals surface area contributed by atoms with Crippen LogP contribution < -0.4 is 11.1 Å². The minimum absolute atomic E-state index is 0.0542. The zero-order chi connectivity index (χ0) is 15.3. The molecule has 1 amide bonds. The number of nitrogens with one attached hydrogen (secondary N) is 1. The van der Waals surface area contributed by atoms with E-state index in [0.717, 1.165) is 12.1 Å². The van der Waals surface area contributed by atoms with E-state index >= 15 is 0 Å². The topological polar surface area (TPSA) is 58.4 Å². The van der Waals surface area contributed by atoms with Gasteiger partial charge in [-0.1, -0.05) is 24.3 Å². The quantitative estimate of drug-likeness (QED) is 0.864. The Bertz CT molecular complexity index is 434. The molecule has 1 rings (SSSR count). The number of benzene rings is 1. The lowest BCUT2D eigenvalue weighted by Crippen LogP contribution is -2.49. The molecular weight excluding hydrogens is 250 g/mol. The normalized spacial score (nSPS) is 13.3. The average molecular weight is 277 g/mol. The molecule has 3 N–H and O–H groups in total. The van der Waals surface area contributed by atoms with Gasteiger partial charge >= 0.3 is 0 Å². The first-order valence-corrected chi connectivity index (χ1v) is 7.03. The molecule has 4 heteroatoms. The molecule has 0 bridgehead atoms. The molecule has 4 nitrogen and oxygen atoms in total. The van der Waals surface area contributed by atoms with Crippen LogP contribution in [0.15, 0.2) is 24.3 Å². The van der Waals surface area contributed by atoms with Gasteiger partial charge in [-0.15, -0.1) is 0 Å². The van der Waals surface area contributed by atoms with Gasteiger partial charge < -0.3 is 11.1 Å². The van der Waals surface area contributed by atoms with Crippen LogP contribution in [0.1, 0.15) is 38.8 Å². The Kier molecular flexibility index (Phi) is 5.72. The Morgan fingerprint density at radius 3 is 2.20 bits per heavy atom. The van der Waals surface area contributed by atoms with E-state index in [-0.39, 0.29) is 17.5 Å². The molecule has 0 radical (unpaired) electrons. The van der Waals surface area contributed by atoms with Crippen LogP contribution in [-0.2, 0) is 17.9 Å². The second-order valence-corrected chi connectivity index (χ2v) is 6.35. The number of carbonyl (C=O) groups is 1. The molecule has 112 valence electrons. The SMILES string of the molecule is CC(C(=O)NC(C)(C)C)N(C)Cc1ccc(CN)cc1. The van der Waals surface area contributed by atoms with Gasteiger partial charge in [0.15, 0.2) is 0 Å². The first kappa shape index (κ1) is 16.7. The largest absolute Gasteiger partial charge is 0.350 e. The van der Waals surface area contributed by atoms with E-state index in [1.807, 2.05) is 51.8 Å². The first-order chi connectivity index (χ1) is 9.23. The highest BCUT2D eigenvalue weighted by Gasteiger charge is 2.22. The van der Waals surface area contributed by atoms with Crippen LogP contribution in [-0.4, -0.2) is 29.4 Å². The van der Waals surface area contributed by atoms with Crippen LogP contribution in [0.5, 0.6) is 0 Å². The Balaban J connectivity index is 2.60. The smallest absolute Gasteiger partial charge is 0.237 e. The molecule has 20 heavy (non-hydrogen) atoms. The Morgan fingerprint density at radius 2 is 1.75 bits per heavy atom. The lowest BCUT2D eigenvalue weighted by atomic mass is 10.1. The monoisotopic (exact) mass is 277 g/mol. The van der Waals surface area contributed by atoms with Gasteiger partial charge in [-0.05, 0) is 45.9 Å². The highest BCUT2D eigenvalue weighted by Crippen LogP contribution is 2.09. The molecule has 0 aliphatic carbocycles. The molecule has 0 aliphatic heterocycles. The van der Waals surface area contributed by atoms with E-state index in [0.29, 0.717) is 6.54 Å². The predicted molar refractivity (Wildman–Crippen MR) is 83.2 cm³/mol. The summed E-state index contributed by atoms with van der Waals surface area (Å²) in [6.07, 6.45) is 0. The van der Waals surface area contributed by atoms with E-state index < -0.39 is 0 Å². The zero-order valence-corrected chi connectivity index (χ0v) is 13.2. The molecule has 1 aromatic carbocycles. The van der Waals surface area contributed by atoms with Crippen molar-refractivity contribution in [2.75, 3.05) is 7.05 Å². The number of likely N-dealkylation sites (N-methyl/N-ethyl adjacent to an activating group) is 1. The van der Waals surface area contributed by atoms with Gasteiger partial charge in [-0.2, -0.15) is 0 Å². The van der Waals surface area contributed by atoms with Gasteiger partial charge in [0.1, 0.15) is 0 Å². The van der Waals surface area contributed by atoms with Crippen molar-refractivity contribution >= 4 is 5.91 Å². The minimum atomic E-state index is -0.199. The molecule has 0 saturated carbocycles. The number of rotatable bonds is 5. The van der Waals surface area contributed by atoms with Crippen LogP contribution >= 0.6 is 0 Å². The summed E-state index contributed by atoms with van der Waals surface area (Å²) >= 11 is 0. The number of amides is 1. The summed E-state index contributed by atoms with van der Waals surface area (Å²) in [4.78, 5) is 14.2. The standard InChI is InChI=1S/C16H27N3O/c1-12(15(20)18-16(2,3)4)19(5)11-14-8-6-13(10-17)7-9-14/h6-9,12H,10-11,17H2,1-5H3,(H,18,20). The Morgan fingerprint density at radius 1 is 1.25 bits per heavy atom. The van der Waals surface area contributed by atoms with Crippen LogP contribution in [0, 0.1) is 0 Å². The molecule has 1 atom stereocenters. The van der Waals surface area contributed by atoms with Crippen molar-refractivity contribution in [3.05, 3.63) is 35.4 Å². The van der Waals surface area contributed by atoms with Gasteiger partial charge in [0, 0.05) is 18.6 Å². The van der Waals surface area contributed by atoms with E-state index in [1.54, 1.807) is 0 Å². The summed E-state index contributed by atoms with van der Waals surface area (Å²) < 4.78 is 0. The van der Waals surface area contributed by atoms with E-state index in [9.17, 15) is 4.79 Å². The maximum Gasteiger partial charge on any atom is 0.237 e. The zero-order valence-electron chi connectivity index (χ0n) is 13.2. The van der Waals surface area contributed by atoms with Gasteiger partial charge in [0.2, 0.25) is 5.91 Å². The maximum absolute atomic E-state index is 12.1. The van der Waals surface area contributed by atoms with Crippen molar-refractivity contribution < 1.29 is 4.79 Å². The molecule has 0 aromatic heterocycles. The van der Waals surface area contributed by atoms with Crippen LogP contribution in [0.25, 0.3) is 0 Å². The third kappa shape index (κ3) is 5.31.